The van der Waals surface area contributed by atoms with Crippen molar-refractivity contribution in [3.63, 3.8) is 0 Å². The van der Waals surface area contributed by atoms with Gasteiger partial charge < -0.3 is 10.6 Å². The minimum absolute atomic E-state index is 0.256. The fourth-order valence-corrected chi connectivity index (χ4v) is 3.87. The summed E-state index contributed by atoms with van der Waals surface area (Å²) in [5, 5.41) is 5.42. The van der Waals surface area contributed by atoms with E-state index in [1.807, 2.05) is 13.0 Å². The third-order valence-electron chi connectivity index (χ3n) is 5.66. The first-order valence-corrected chi connectivity index (χ1v) is 10.4. The molecule has 0 saturated carbocycles. The molecule has 1 unspecified atom stereocenters. The van der Waals surface area contributed by atoms with E-state index in [1.165, 1.54) is 30.0 Å². The average molecular weight is 414 g/mol. The van der Waals surface area contributed by atoms with Gasteiger partial charge in [-0.1, -0.05) is 38.1 Å². The fraction of sp³-hybridized carbons (Fsp3) is 0.417. The monoisotopic (exact) mass is 414 g/mol. The Kier molecular flexibility index (Phi) is 6.85. The maximum atomic E-state index is 13.9. The van der Waals surface area contributed by atoms with Gasteiger partial charge in [-0.2, -0.15) is 0 Å². The van der Waals surface area contributed by atoms with Crippen molar-refractivity contribution >= 4 is 11.8 Å². The highest BCUT2D eigenvalue weighted by Gasteiger charge is 2.28. The number of fused-ring (bicyclic) bond motifs is 1. The first kappa shape index (κ1) is 21.9. The van der Waals surface area contributed by atoms with Gasteiger partial charge >= 0.3 is 0 Å². The predicted octanol–water partition coefficient (Wildman–Crippen LogP) is 4.48. The maximum absolute atomic E-state index is 13.9. The first-order valence-electron chi connectivity index (χ1n) is 10.4. The van der Waals surface area contributed by atoms with Gasteiger partial charge in [-0.15, -0.1) is 0 Å². The van der Waals surface area contributed by atoms with Gasteiger partial charge in [-0.05, 0) is 67.3 Å². The standard InChI is InChI=1S/C24H28F2N2O2/c1-14(2)22(28-23(29)21-19(25)9-6-10-20(21)26)24(30)27-15(3)17-12-11-16-7-4-5-8-18(16)13-17/h6,9-15,22H,4-5,7-8H2,1-3H3,(H,27,30)(H,28,29)/t15?,22-/m0/s1. The van der Waals surface area contributed by atoms with Crippen LogP contribution in [0.1, 0.15) is 66.7 Å². The summed E-state index contributed by atoms with van der Waals surface area (Å²) in [6.07, 6.45) is 4.51. The molecule has 2 amide bonds. The third-order valence-corrected chi connectivity index (χ3v) is 5.66. The zero-order valence-corrected chi connectivity index (χ0v) is 17.6. The zero-order valence-electron chi connectivity index (χ0n) is 17.6. The van der Waals surface area contributed by atoms with Gasteiger partial charge in [0.25, 0.3) is 5.91 Å². The molecule has 30 heavy (non-hydrogen) atoms. The molecular formula is C24H28F2N2O2. The SMILES string of the molecule is CC(NC(=O)[C@@H](NC(=O)c1c(F)cccc1F)C(C)C)c1ccc2c(c1)CCCC2. The Hall–Kier alpha value is -2.76. The molecule has 1 aliphatic carbocycles. The maximum Gasteiger partial charge on any atom is 0.257 e. The Balaban J connectivity index is 1.72. The summed E-state index contributed by atoms with van der Waals surface area (Å²) in [6, 6.07) is 8.32. The van der Waals surface area contributed by atoms with E-state index in [1.54, 1.807) is 13.8 Å². The Bertz CT molecular complexity index is 923. The number of aryl methyl sites for hydroxylation is 2. The first-order chi connectivity index (χ1) is 14.3. The highest BCUT2D eigenvalue weighted by molar-refractivity contribution is 5.98. The zero-order chi connectivity index (χ0) is 21.8. The van der Waals surface area contributed by atoms with Crippen LogP contribution in [0.3, 0.4) is 0 Å². The summed E-state index contributed by atoms with van der Waals surface area (Å²) < 4.78 is 27.8. The van der Waals surface area contributed by atoms with E-state index < -0.39 is 29.1 Å². The van der Waals surface area contributed by atoms with Crippen molar-refractivity contribution in [2.75, 3.05) is 0 Å². The number of hydrogen-bond acceptors (Lipinski definition) is 2. The summed E-state index contributed by atoms with van der Waals surface area (Å²) in [7, 11) is 0. The fourth-order valence-electron chi connectivity index (χ4n) is 3.87. The Morgan fingerprint density at radius 1 is 0.900 bits per heavy atom. The van der Waals surface area contributed by atoms with E-state index in [9.17, 15) is 18.4 Å². The van der Waals surface area contributed by atoms with Gasteiger partial charge in [0.15, 0.2) is 0 Å². The number of rotatable bonds is 6. The van der Waals surface area contributed by atoms with Gasteiger partial charge in [-0.25, -0.2) is 8.78 Å². The molecule has 0 heterocycles. The van der Waals surface area contributed by atoms with E-state index >= 15 is 0 Å². The molecule has 0 spiro atoms. The molecule has 0 bridgehead atoms. The lowest BCUT2D eigenvalue weighted by molar-refractivity contribution is -0.124. The third kappa shape index (κ3) is 4.86. The summed E-state index contributed by atoms with van der Waals surface area (Å²) in [6.45, 7) is 5.43. The Morgan fingerprint density at radius 2 is 1.53 bits per heavy atom. The second-order valence-corrected chi connectivity index (χ2v) is 8.26. The molecule has 0 fully saturated rings. The normalized spacial score (nSPS) is 15.3. The van der Waals surface area contributed by atoms with Crippen molar-refractivity contribution in [2.45, 2.75) is 58.5 Å². The lowest BCUT2D eigenvalue weighted by atomic mass is 9.89. The predicted molar refractivity (Wildman–Crippen MR) is 112 cm³/mol. The second kappa shape index (κ2) is 9.37. The van der Waals surface area contributed by atoms with Crippen LogP contribution in [0, 0.1) is 17.6 Å². The number of nitrogens with one attached hydrogen (secondary N) is 2. The number of halogens is 2. The van der Waals surface area contributed by atoms with Crippen LogP contribution >= 0.6 is 0 Å². The molecule has 0 saturated heterocycles. The lowest BCUT2D eigenvalue weighted by Gasteiger charge is -2.25. The molecule has 3 rings (SSSR count). The highest BCUT2D eigenvalue weighted by Crippen LogP contribution is 2.25. The Labute approximate surface area is 176 Å². The van der Waals surface area contributed by atoms with Gasteiger partial charge in [0.2, 0.25) is 5.91 Å². The summed E-state index contributed by atoms with van der Waals surface area (Å²) >= 11 is 0. The molecule has 0 aliphatic heterocycles. The van der Waals surface area contributed by atoms with Crippen LogP contribution in [0.2, 0.25) is 0 Å². The molecule has 0 radical (unpaired) electrons. The molecule has 0 aromatic heterocycles. The molecule has 4 nitrogen and oxygen atoms in total. The van der Waals surface area contributed by atoms with E-state index in [0.717, 1.165) is 30.5 Å². The van der Waals surface area contributed by atoms with Crippen LogP contribution in [-0.2, 0) is 17.6 Å². The van der Waals surface area contributed by atoms with Crippen molar-refractivity contribution in [3.05, 3.63) is 70.3 Å². The van der Waals surface area contributed by atoms with Gasteiger partial charge in [-0.3, -0.25) is 9.59 Å². The van der Waals surface area contributed by atoms with Crippen LogP contribution in [0.5, 0.6) is 0 Å². The second-order valence-electron chi connectivity index (χ2n) is 8.26. The lowest BCUT2D eigenvalue weighted by Crippen LogP contribution is -2.50. The highest BCUT2D eigenvalue weighted by atomic mass is 19.1. The molecule has 160 valence electrons. The summed E-state index contributed by atoms with van der Waals surface area (Å²) in [5.41, 5.74) is 3.00. The van der Waals surface area contributed by atoms with Gasteiger partial charge in [0.05, 0.1) is 6.04 Å². The van der Waals surface area contributed by atoms with Gasteiger partial charge in [0.1, 0.15) is 23.2 Å². The smallest absolute Gasteiger partial charge is 0.257 e. The number of amides is 2. The van der Waals surface area contributed by atoms with Gasteiger partial charge in [0, 0.05) is 0 Å². The van der Waals surface area contributed by atoms with E-state index in [0.29, 0.717) is 0 Å². The van der Waals surface area contributed by atoms with Crippen molar-refractivity contribution in [2.24, 2.45) is 5.92 Å². The van der Waals surface area contributed by atoms with Crippen LogP contribution in [0.4, 0.5) is 8.78 Å². The molecule has 2 aromatic carbocycles. The molecule has 2 aromatic rings. The largest absolute Gasteiger partial charge is 0.348 e. The van der Waals surface area contributed by atoms with E-state index in [4.69, 9.17) is 0 Å². The summed E-state index contributed by atoms with van der Waals surface area (Å²) in [5.74, 6) is -3.52. The van der Waals surface area contributed by atoms with Crippen molar-refractivity contribution in [1.82, 2.24) is 10.6 Å². The van der Waals surface area contributed by atoms with Crippen LogP contribution in [-0.4, -0.2) is 17.9 Å². The van der Waals surface area contributed by atoms with Crippen LogP contribution in [0.25, 0.3) is 0 Å². The number of carbonyl (C=O) groups excluding carboxylic acids is 2. The molecule has 1 aliphatic rings. The minimum atomic E-state index is -0.960. The number of benzene rings is 2. The molecule has 2 atom stereocenters. The quantitative estimate of drug-likeness (QED) is 0.733. The molecule has 2 N–H and O–H groups in total. The minimum Gasteiger partial charge on any atom is -0.348 e. The topological polar surface area (TPSA) is 58.2 Å². The Morgan fingerprint density at radius 3 is 2.17 bits per heavy atom. The number of carbonyl (C=O) groups is 2. The van der Waals surface area contributed by atoms with Crippen molar-refractivity contribution < 1.29 is 18.4 Å². The van der Waals surface area contributed by atoms with Crippen molar-refractivity contribution in [1.29, 1.82) is 0 Å². The molecular weight excluding hydrogens is 386 g/mol. The van der Waals surface area contributed by atoms with E-state index in [2.05, 4.69) is 22.8 Å². The summed E-state index contributed by atoms with van der Waals surface area (Å²) in [4.78, 5) is 25.3. The van der Waals surface area contributed by atoms with Crippen molar-refractivity contribution in [3.8, 4) is 0 Å². The van der Waals surface area contributed by atoms with Crippen LogP contribution in [0.15, 0.2) is 36.4 Å². The van der Waals surface area contributed by atoms with Crippen LogP contribution < -0.4 is 10.6 Å². The average Bonchev–Trinajstić information content (AvgIpc) is 2.71. The number of hydrogen-bond donors (Lipinski definition) is 2. The van der Waals surface area contributed by atoms with E-state index in [-0.39, 0.29) is 17.9 Å². The molecule has 6 heteroatoms.